The van der Waals surface area contributed by atoms with E-state index in [0.29, 0.717) is 5.76 Å². The minimum absolute atomic E-state index is 0.115. The van der Waals surface area contributed by atoms with Gasteiger partial charge in [-0.1, -0.05) is 68.1 Å². The molecule has 0 radical (unpaired) electrons. The molecule has 0 aliphatic heterocycles. The number of hydrogen-bond acceptors (Lipinski definition) is 3. The van der Waals surface area contributed by atoms with Crippen LogP contribution >= 0.6 is 12.6 Å². The van der Waals surface area contributed by atoms with Crippen LogP contribution in [0.2, 0.25) is 0 Å². The number of para-hydroxylation sites is 1. The lowest BCUT2D eigenvalue weighted by molar-refractivity contribution is 0.216. The normalized spacial score (nSPS) is 22.8. The quantitative estimate of drug-likeness (QED) is 0.382. The number of nitrogens with one attached hydrogen (secondary N) is 1. The van der Waals surface area contributed by atoms with E-state index in [0.717, 1.165) is 29.5 Å². The molecule has 0 bridgehead atoms. The van der Waals surface area contributed by atoms with Gasteiger partial charge in [0.05, 0.1) is 0 Å². The predicted molar refractivity (Wildman–Crippen MR) is 107 cm³/mol. The second-order valence-corrected chi connectivity index (χ2v) is 7.50. The maximum Gasteiger partial charge on any atom is 0.296 e. The fourth-order valence-corrected chi connectivity index (χ4v) is 3.91. The number of rotatable bonds is 4. The van der Waals surface area contributed by atoms with Crippen molar-refractivity contribution in [2.45, 2.75) is 25.2 Å². The van der Waals surface area contributed by atoms with Crippen LogP contribution in [0.5, 0.6) is 0 Å². The molecule has 2 aromatic carbocycles. The summed E-state index contributed by atoms with van der Waals surface area (Å²) in [5.74, 6) is 0.925. The van der Waals surface area contributed by atoms with E-state index in [-0.39, 0.29) is 11.3 Å². The molecule has 1 N–H and O–H groups in total. The second kappa shape index (κ2) is 6.65. The zero-order valence-corrected chi connectivity index (χ0v) is 15.4. The number of fused-ring (bicyclic) bond motifs is 1. The Hall–Kier alpha value is -2.53. The van der Waals surface area contributed by atoms with E-state index in [1.807, 2.05) is 36.4 Å². The molecular formula is C21H20N2O2S. The van der Waals surface area contributed by atoms with Crippen LogP contribution in [0.3, 0.4) is 0 Å². The smallest absolute Gasteiger partial charge is 0.296 e. The molecule has 4 nitrogen and oxygen atoms in total. The highest BCUT2D eigenvalue weighted by Gasteiger charge is 2.44. The van der Waals surface area contributed by atoms with Crippen LogP contribution in [0.25, 0.3) is 11.0 Å². The third kappa shape index (κ3) is 3.15. The minimum atomic E-state index is -0.483. The minimum Gasteiger partial charge on any atom is -0.455 e. The zero-order valence-electron chi connectivity index (χ0n) is 14.5. The van der Waals surface area contributed by atoms with Gasteiger partial charge in [0, 0.05) is 11.3 Å². The monoisotopic (exact) mass is 364 g/mol. The molecule has 5 heteroatoms. The Labute approximate surface area is 157 Å². The first-order valence-electron chi connectivity index (χ1n) is 8.66. The summed E-state index contributed by atoms with van der Waals surface area (Å²) in [4.78, 5) is 11.2. The van der Waals surface area contributed by atoms with E-state index >= 15 is 0 Å². The highest BCUT2D eigenvalue weighted by Crippen LogP contribution is 2.49. The molecule has 0 atom stereocenters. The topological polar surface area (TPSA) is 54.6 Å². The van der Waals surface area contributed by atoms with Crippen molar-refractivity contribution in [3.05, 3.63) is 72.0 Å². The summed E-state index contributed by atoms with van der Waals surface area (Å²) in [6.07, 6.45) is 1.91. The average molecular weight is 364 g/mol. The summed E-state index contributed by atoms with van der Waals surface area (Å²) >= 11 is 3.75. The summed E-state index contributed by atoms with van der Waals surface area (Å²) in [5, 5.41) is 4.86. The van der Waals surface area contributed by atoms with Crippen molar-refractivity contribution in [1.29, 1.82) is 0 Å². The molecule has 0 saturated heterocycles. The SMILES string of the molecule is CC1(c2ccccc2)CC(C(=NNC(=O)S)c2cc3ccccc3o2)C1. The zero-order chi connectivity index (χ0) is 18.1. The van der Waals surface area contributed by atoms with E-state index in [2.05, 4.69) is 54.3 Å². The number of nitrogens with zero attached hydrogens (tertiary/aromatic N) is 1. The fourth-order valence-electron chi connectivity index (χ4n) is 3.86. The second-order valence-electron chi connectivity index (χ2n) is 7.09. The van der Waals surface area contributed by atoms with Gasteiger partial charge >= 0.3 is 0 Å². The largest absolute Gasteiger partial charge is 0.455 e. The van der Waals surface area contributed by atoms with E-state index in [1.54, 1.807) is 0 Å². The fraction of sp³-hybridized carbons (Fsp3) is 0.238. The molecular weight excluding hydrogens is 344 g/mol. The molecule has 1 saturated carbocycles. The lowest BCUT2D eigenvalue weighted by Gasteiger charge is -2.45. The van der Waals surface area contributed by atoms with Crippen LogP contribution in [0, 0.1) is 5.92 Å². The van der Waals surface area contributed by atoms with E-state index in [9.17, 15) is 4.79 Å². The van der Waals surface area contributed by atoms with Gasteiger partial charge in [0.1, 0.15) is 11.3 Å². The third-order valence-electron chi connectivity index (χ3n) is 5.20. The molecule has 0 unspecified atom stereocenters. The number of furan rings is 1. The number of thiol groups is 1. The van der Waals surface area contributed by atoms with E-state index < -0.39 is 5.24 Å². The Morgan fingerprint density at radius 3 is 2.54 bits per heavy atom. The van der Waals surface area contributed by atoms with Crippen LogP contribution in [0.15, 0.2) is 70.2 Å². The number of carbonyl (C=O) groups excluding carboxylic acids is 1. The molecule has 1 heterocycles. The highest BCUT2D eigenvalue weighted by atomic mass is 32.1. The Balaban J connectivity index is 1.63. The van der Waals surface area contributed by atoms with Gasteiger partial charge in [-0.15, -0.1) is 0 Å². The Bertz CT molecular complexity index is 939. The van der Waals surface area contributed by atoms with Gasteiger partial charge in [-0.05, 0) is 36.0 Å². The highest BCUT2D eigenvalue weighted by molar-refractivity contribution is 7.96. The van der Waals surface area contributed by atoms with Crippen molar-refractivity contribution in [3.8, 4) is 0 Å². The van der Waals surface area contributed by atoms with Gasteiger partial charge in [0.25, 0.3) is 5.24 Å². The number of hydrazone groups is 1. The summed E-state index contributed by atoms with van der Waals surface area (Å²) < 4.78 is 5.99. The number of carbonyl (C=O) groups is 1. The summed E-state index contributed by atoms with van der Waals surface area (Å²) in [6.45, 7) is 2.27. The first kappa shape index (κ1) is 16.9. The van der Waals surface area contributed by atoms with Crippen molar-refractivity contribution in [2.24, 2.45) is 11.0 Å². The number of hydrogen-bond donors (Lipinski definition) is 2. The first-order chi connectivity index (χ1) is 12.5. The molecule has 1 aliphatic carbocycles. The van der Waals surface area contributed by atoms with Crippen molar-refractivity contribution in [3.63, 3.8) is 0 Å². The van der Waals surface area contributed by atoms with E-state index in [4.69, 9.17) is 4.42 Å². The van der Waals surface area contributed by atoms with Gasteiger partial charge in [-0.25, -0.2) is 5.43 Å². The van der Waals surface area contributed by atoms with Gasteiger partial charge in [0.2, 0.25) is 0 Å². The van der Waals surface area contributed by atoms with Gasteiger partial charge in [0.15, 0.2) is 5.76 Å². The van der Waals surface area contributed by atoms with Crippen molar-refractivity contribution < 1.29 is 9.21 Å². The lowest BCUT2D eigenvalue weighted by atomic mass is 9.58. The first-order valence-corrected chi connectivity index (χ1v) is 9.11. The maximum absolute atomic E-state index is 11.2. The Kier molecular flexibility index (Phi) is 4.32. The molecule has 132 valence electrons. The third-order valence-corrected chi connectivity index (χ3v) is 5.30. The standard InChI is InChI=1S/C21H20N2O2S/c1-21(16-8-3-2-4-9-16)12-15(13-21)19(22-23-20(24)26)18-11-14-7-5-6-10-17(14)25-18/h2-11,15H,12-13H2,1H3,(H2,23,24,26). The molecule has 1 fully saturated rings. The molecule has 3 aromatic rings. The van der Waals surface area contributed by atoms with E-state index in [1.165, 1.54) is 5.56 Å². The molecule has 1 amide bonds. The molecule has 0 spiro atoms. The average Bonchev–Trinajstić information content (AvgIpc) is 3.04. The van der Waals surface area contributed by atoms with Crippen LogP contribution in [-0.4, -0.2) is 11.0 Å². The Morgan fingerprint density at radius 1 is 1.15 bits per heavy atom. The van der Waals surface area contributed by atoms with Crippen molar-refractivity contribution in [2.75, 3.05) is 0 Å². The molecule has 1 aromatic heterocycles. The van der Waals surface area contributed by atoms with Crippen molar-refractivity contribution in [1.82, 2.24) is 5.43 Å². The van der Waals surface area contributed by atoms with Crippen LogP contribution in [-0.2, 0) is 5.41 Å². The lowest BCUT2D eigenvalue weighted by Crippen LogP contribution is -2.43. The van der Waals surface area contributed by atoms with Crippen LogP contribution in [0.4, 0.5) is 4.79 Å². The molecule has 1 aliphatic rings. The van der Waals surface area contributed by atoms with Crippen LogP contribution in [0.1, 0.15) is 31.1 Å². The van der Waals surface area contributed by atoms with Crippen molar-refractivity contribution >= 4 is 34.5 Å². The maximum atomic E-state index is 11.2. The number of amides is 1. The Morgan fingerprint density at radius 2 is 1.85 bits per heavy atom. The molecule has 26 heavy (non-hydrogen) atoms. The van der Waals surface area contributed by atoms with Gasteiger partial charge < -0.3 is 4.42 Å². The number of benzene rings is 2. The summed E-state index contributed by atoms with van der Waals surface area (Å²) in [6, 6.07) is 20.4. The van der Waals surface area contributed by atoms with Gasteiger partial charge in [-0.2, -0.15) is 5.10 Å². The molecule has 4 rings (SSSR count). The summed E-state index contributed by atoms with van der Waals surface area (Å²) in [5.41, 5.74) is 5.50. The van der Waals surface area contributed by atoms with Crippen LogP contribution < -0.4 is 5.43 Å². The summed E-state index contributed by atoms with van der Waals surface area (Å²) in [7, 11) is 0. The van der Waals surface area contributed by atoms with Gasteiger partial charge in [-0.3, -0.25) is 4.79 Å². The predicted octanol–water partition coefficient (Wildman–Crippen LogP) is 5.14.